The summed E-state index contributed by atoms with van der Waals surface area (Å²) in [5.74, 6) is 2.88. The van der Waals surface area contributed by atoms with Crippen molar-refractivity contribution in [1.82, 2.24) is 0 Å². The molecule has 3 nitrogen and oxygen atoms in total. The zero-order valence-corrected chi connectivity index (χ0v) is 13.7. The van der Waals surface area contributed by atoms with E-state index in [-0.39, 0.29) is 0 Å². The third kappa shape index (κ3) is 3.70. The molecule has 21 heavy (non-hydrogen) atoms. The standard InChI is InChI=1S/C18H28O3/c1-13(2)14-6-5-8-18(19,9-7-14)15-10-16(20-3)12-17(11-15)21-4/h10-14,19H,5-9H2,1-4H3. The summed E-state index contributed by atoms with van der Waals surface area (Å²) in [6, 6.07) is 5.73. The lowest BCUT2D eigenvalue weighted by Crippen LogP contribution is -2.25. The predicted molar refractivity (Wildman–Crippen MR) is 84.9 cm³/mol. The molecular formula is C18H28O3. The average Bonchev–Trinajstić information content (AvgIpc) is 2.69. The molecule has 118 valence electrons. The molecule has 1 saturated carbocycles. The monoisotopic (exact) mass is 292 g/mol. The molecule has 1 aliphatic carbocycles. The first-order chi connectivity index (χ1) is 9.98. The first-order valence-corrected chi connectivity index (χ1v) is 7.94. The lowest BCUT2D eigenvalue weighted by atomic mass is 9.84. The quantitative estimate of drug-likeness (QED) is 0.848. The maximum absolute atomic E-state index is 11.2. The Morgan fingerprint density at radius 3 is 2.19 bits per heavy atom. The predicted octanol–water partition coefficient (Wildman–Crippen LogP) is 4.13. The van der Waals surface area contributed by atoms with Crippen LogP contribution in [0.25, 0.3) is 0 Å². The van der Waals surface area contributed by atoms with E-state index in [1.165, 1.54) is 6.42 Å². The molecule has 0 aromatic heterocycles. The maximum atomic E-state index is 11.2. The molecule has 0 radical (unpaired) electrons. The van der Waals surface area contributed by atoms with E-state index < -0.39 is 5.60 Å². The number of methoxy groups -OCH3 is 2. The first-order valence-electron chi connectivity index (χ1n) is 7.94. The molecule has 0 spiro atoms. The number of hydrogen-bond acceptors (Lipinski definition) is 3. The first kappa shape index (κ1) is 16.2. The van der Waals surface area contributed by atoms with Gasteiger partial charge in [-0.25, -0.2) is 0 Å². The number of benzene rings is 1. The van der Waals surface area contributed by atoms with E-state index in [9.17, 15) is 5.11 Å². The van der Waals surface area contributed by atoms with Gasteiger partial charge in [0.15, 0.2) is 0 Å². The van der Waals surface area contributed by atoms with Crippen LogP contribution >= 0.6 is 0 Å². The van der Waals surface area contributed by atoms with E-state index in [0.29, 0.717) is 11.8 Å². The van der Waals surface area contributed by atoms with Gasteiger partial charge in [0.05, 0.1) is 19.8 Å². The fraction of sp³-hybridized carbons (Fsp3) is 0.667. The fourth-order valence-corrected chi connectivity index (χ4v) is 3.38. The van der Waals surface area contributed by atoms with Gasteiger partial charge in [0.1, 0.15) is 11.5 Å². The van der Waals surface area contributed by atoms with Crippen LogP contribution in [0.2, 0.25) is 0 Å². The molecular weight excluding hydrogens is 264 g/mol. The Kier molecular flexibility index (Phi) is 5.15. The summed E-state index contributed by atoms with van der Waals surface area (Å²) in [6.45, 7) is 4.56. The Bertz CT molecular complexity index is 447. The zero-order chi connectivity index (χ0) is 15.5. The number of hydrogen-bond donors (Lipinski definition) is 1. The van der Waals surface area contributed by atoms with Gasteiger partial charge in [-0.05, 0) is 55.2 Å². The van der Waals surface area contributed by atoms with Gasteiger partial charge in [-0.15, -0.1) is 0 Å². The van der Waals surface area contributed by atoms with Crippen molar-refractivity contribution >= 4 is 0 Å². The van der Waals surface area contributed by atoms with Gasteiger partial charge >= 0.3 is 0 Å². The summed E-state index contributed by atoms with van der Waals surface area (Å²) in [5, 5.41) is 11.2. The minimum Gasteiger partial charge on any atom is -0.497 e. The molecule has 1 fully saturated rings. The minimum atomic E-state index is -0.758. The highest BCUT2D eigenvalue weighted by Crippen LogP contribution is 2.41. The zero-order valence-electron chi connectivity index (χ0n) is 13.7. The van der Waals surface area contributed by atoms with Crippen molar-refractivity contribution in [2.45, 2.75) is 51.6 Å². The molecule has 0 saturated heterocycles. The largest absolute Gasteiger partial charge is 0.497 e. The third-order valence-electron chi connectivity index (χ3n) is 4.93. The average molecular weight is 292 g/mol. The van der Waals surface area contributed by atoms with E-state index in [4.69, 9.17) is 9.47 Å². The molecule has 1 aromatic carbocycles. The fourth-order valence-electron chi connectivity index (χ4n) is 3.38. The molecule has 0 aliphatic heterocycles. The Morgan fingerprint density at radius 2 is 1.67 bits per heavy atom. The van der Waals surface area contributed by atoms with Crippen molar-refractivity contribution in [2.75, 3.05) is 14.2 Å². The minimum absolute atomic E-state index is 0.687. The van der Waals surface area contributed by atoms with E-state index >= 15 is 0 Å². The Balaban J connectivity index is 2.26. The highest BCUT2D eigenvalue weighted by atomic mass is 16.5. The second kappa shape index (κ2) is 6.69. The van der Waals surface area contributed by atoms with Gasteiger partial charge < -0.3 is 14.6 Å². The summed E-state index contributed by atoms with van der Waals surface area (Å²) in [7, 11) is 3.29. The maximum Gasteiger partial charge on any atom is 0.122 e. The molecule has 1 aromatic rings. The molecule has 0 heterocycles. The van der Waals surface area contributed by atoms with Gasteiger partial charge in [-0.2, -0.15) is 0 Å². The highest BCUT2D eigenvalue weighted by Gasteiger charge is 2.34. The lowest BCUT2D eigenvalue weighted by Gasteiger charge is -2.28. The van der Waals surface area contributed by atoms with Crippen LogP contribution in [-0.4, -0.2) is 19.3 Å². The van der Waals surface area contributed by atoms with Crippen LogP contribution in [0.3, 0.4) is 0 Å². The molecule has 2 unspecified atom stereocenters. The second-order valence-electron chi connectivity index (χ2n) is 6.57. The van der Waals surface area contributed by atoms with Gasteiger partial charge in [0, 0.05) is 6.07 Å². The molecule has 2 atom stereocenters. The van der Waals surface area contributed by atoms with E-state index in [1.807, 2.05) is 18.2 Å². The van der Waals surface area contributed by atoms with Crippen LogP contribution < -0.4 is 9.47 Å². The van der Waals surface area contributed by atoms with Gasteiger partial charge in [0.25, 0.3) is 0 Å². The third-order valence-corrected chi connectivity index (χ3v) is 4.93. The molecule has 1 aliphatic rings. The summed E-state index contributed by atoms with van der Waals surface area (Å²) in [4.78, 5) is 0. The normalized spacial score (nSPS) is 26.5. The highest BCUT2D eigenvalue weighted by molar-refractivity contribution is 5.41. The van der Waals surface area contributed by atoms with Crippen molar-refractivity contribution in [3.05, 3.63) is 23.8 Å². The number of ether oxygens (including phenoxy) is 2. The molecule has 1 N–H and O–H groups in total. The molecule has 3 heteroatoms. The molecule has 2 rings (SSSR count). The summed E-state index contributed by atoms with van der Waals surface area (Å²) >= 11 is 0. The van der Waals surface area contributed by atoms with E-state index in [0.717, 1.165) is 42.7 Å². The topological polar surface area (TPSA) is 38.7 Å². The smallest absolute Gasteiger partial charge is 0.122 e. The van der Waals surface area contributed by atoms with Crippen molar-refractivity contribution in [3.8, 4) is 11.5 Å². The van der Waals surface area contributed by atoms with Crippen LogP contribution in [0, 0.1) is 11.8 Å². The van der Waals surface area contributed by atoms with Gasteiger partial charge in [-0.3, -0.25) is 0 Å². The summed E-state index contributed by atoms with van der Waals surface area (Å²) in [6.07, 6.45) is 4.98. The Labute approximate surface area is 128 Å². The van der Waals surface area contributed by atoms with Gasteiger partial charge in [0.2, 0.25) is 0 Å². The second-order valence-corrected chi connectivity index (χ2v) is 6.57. The van der Waals surface area contributed by atoms with Gasteiger partial charge in [-0.1, -0.05) is 20.3 Å². The van der Waals surface area contributed by atoms with E-state index in [2.05, 4.69) is 13.8 Å². The lowest BCUT2D eigenvalue weighted by molar-refractivity contribution is 0.0187. The van der Waals surface area contributed by atoms with Crippen LogP contribution in [0.1, 0.15) is 51.5 Å². The molecule has 0 amide bonds. The number of rotatable bonds is 4. The Hall–Kier alpha value is -1.22. The van der Waals surface area contributed by atoms with Crippen LogP contribution in [0.4, 0.5) is 0 Å². The summed E-state index contributed by atoms with van der Waals surface area (Å²) in [5.41, 5.74) is 0.161. The SMILES string of the molecule is COc1cc(OC)cc(C2(O)CCCC(C(C)C)CC2)c1. The van der Waals surface area contributed by atoms with E-state index in [1.54, 1.807) is 14.2 Å². The summed E-state index contributed by atoms with van der Waals surface area (Å²) < 4.78 is 10.7. The van der Waals surface area contributed by atoms with Crippen LogP contribution in [0.15, 0.2) is 18.2 Å². The van der Waals surface area contributed by atoms with Crippen molar-refractivity contribution in [1.29, 1.82) is 0 Å². The van der Waals surface area contributed by atoms with Crippen LogP contribution in [-0.2, 0) is 5.60 Å². The van der Waals surface area contributed by atoms with Crippen molar-refractivity contribution in [2.24, 2.45) is 11.8 Å². The van der Waals surface area contributed by atoms with Crippen molar-refractivity contribution < 1.29 is 14.6 Å². The van der Waals surface area contributed by atoms with Crippen LogP contribution in [0.5, 0.6) is 11.5 Å². The van der Waals surface area contributed by atoms with Crippen molar-refractivity contribution in [3.63, 3.8) is 0 Å². The Morgan fingerprint density at radius 1 is 1.05 bits per heavy atom. The number of aliphatic hydroxyl groups is 1. The molecule has 0 bridgehead atoms.